The van der Waals surface area contributed by atoms with E-state index in [1.807, 2.05) is 19.1 Å². The average Bonchev–Trinajstić information content (AvgIpc) is 2.77. The van der Waals surface area contributed by atoms with Crippen LogP contribution in [0.2, 0.25) is 0 Å². The molecule has 2 rings (SSSR count). The van der Waals surface area contributed by atoms with Gasteiger partial charge >= 0.3 is 0 Å². The molecule has 2 aromatic carbocycles. The molecule has 9 heteroatoms. The maximum atomic E-state index is 12.3. The van der Waals surface area contributed by atoms with Gasteiger partial charge in [0.15, 0.2) is 5.11 Å². The maximum Gasteiger partial charge on any atom is 0.257 e. The minimum absolute atomic E-state index is 0.0126. The molecule has 0 spiro atoms. The highest BCUT2D eigenvalue weighted by atomic mass is 32.1. The van der Waals surface area contributed by atoms with Crippen molar-refractivity contribution in [1.29, 1.82) is 0 Å². The second-order valence-corrected chi connectivity index (χ2v) is 8.70. The summed E-state index contributed by atoms with van der Waals surface area (Å²) in [5, 5.41) is 5.16. The van der Waals surface area contributed by atoms with E-state index in [1.165, 1.54) is 0 Å². The van der Waals surface area contributed by atoms with Crippen LogP contribution in [0, 0.1) is 0 Å². The average molecular weight is 471 g/mol. The second-order valence-electron chi connectivity index (χ2n) is 8.29. The molecule has 0 fully saturated rings. The SMILES string of the molecule is CCOc1ccc(NC(=O)CCC(=O)NNC(=S)NC(=O)c2ccc(C(C)(C)C)cc2)cc1. The zero-order chi connectivity index (χ0) is 24.4. The summed E-state index contributed by atoms with van der Waals surface area (Å²) in [4.78, 5) is 36.3. The van der Waals surface area contributed by atoms with Gasteiger partial charge in [0, 0.05) is 24.1 Å². The fourth-order valence-corrected chi connectivity index (χ4v) is 2.91. The lowest BCUT2D eigenvalue weighted by Crippen LogP contribution is -2.48. The number of benzene rings is 2. The van der Waals surface area contributed by atoms with E-state index in [4.69, 9.17) is 17.0 Å². The first-order valence-electron chi connectivity index (χ1n) is 10.6. The fourth-order valence-electron chi connectivity index (χ4n) is 2.77. The number of anilines is 1. The molecular formula is C24H30N4O4S. The highest BCUT2D eigenvalue weighted by Crippen LogP contribution is 2.22. The van der Waals surface area contributed by atoms with Crippen LogP contribution >= 0.6 is 12.2 Å². The Labute approximate surface area is 199 Å². The quantitative estimate of drug-likeness (QED) is 0.365. The molecule has 33 heavy (non-hydrogen) atoms. The minimum atomic E-state index is -0.442. The molecule has 0 radical (unpaired) electrons. The normalized spacial score (nSPS) is 10.7. The number of rotatable bonds is 7. The first-order chi connectivity index (χ1) is 15.6. The Hall–Kier alpha value is -3.46. The standard InChI is InChI=1S/C24H30N4O4S/c1-5-32-19-12-10-18(11-13-19)25-20(29)14-15-21(30)27-28-23(33)26-22(31)16-6-8-17(9-7-16)24(2,3)4/h6-13H,5,14-15H2,1-4H3,(H,25,29)(H,27,30)(H2,26,28,31,33). The molecule has 4 N–H and O–H groups in total. The molecule has 8 nitrogen and oxygen atoms in total. The Balaban J connectivity index is 1.70. The fraction of sp³-hybridized carbons (Fsp3) is 0.333. The Morgan fingerprint density at radius 3 is 2.06 bits per heavy atom. The highest BCUT2D eigenvalue weighted by molar-refractivity contribution is 7.80. The summed E-state index contributed by atoms with van der Waals surface area (Å²) >= 11 is 5.04. The van der Waals surface area contributed by atoms with Crippen molar-refractivity contribution in [2.75, 3.05) is 11.9 Å². The molecule has 0 saturated carbocycles. The van der Waals surface area contributed by atoms with Gasteiger partial charge in [-0.2, -0.15) is 0 Å². The summed E-state index contributed by atoms with van der Waals surface area (Å²) in [6, 6.07) is 14.2. The van der Waals surface area contributed by atoms with Gasteiger partial charge in [-0.1, -0.05) is 32.9 Å². The van der Waals surface area contributed by atoms with E-state index < -0.39 is 11.8 Å². The van der Waals surface area contributed by atoms with Crippen molar-refractivity contribution in [3.63, 3.8) is 0 Å². The van der Waals surface area contributed by atoms with Crippen LogP contribution < -0.4 is 26.2 Å². The van der Waals surface area contributed by atoms with Gasteiger partial charge in [-0.25, -0.2) is 0 Å². The number of carbonyl (C=O) groups is 3. The molecular weight excluding hydrogens is 440 g/mol. The summed E-state index contributed by atoms with van der Waals surface area (Å²) < 4.78 is 5.35. The molecule has 0 saturated heterocycles. The molecule has 0 heterocycles. The molecule has 176 valence electrons. The van der Waals surface area contributed by atoms with Gasteiger partial charge in [-0.3, -0.25) is 30.6 Å². The molecule has 0 unspecified atom stereocenters. The molecule has 0 aromatic heterocycles. The summed E-state index contributed by atoms with van der Waals surface area (Å²) in [6.45, 7) is 8.73. The largest absolute Gasteiger partial charge is 0.494 e. The summed E-state index contributed by atoms with van der Waals surface area (Å²) in [6.07, 6.45) is -0.0688. The van der Waals surface area contributed by atoms with Crippen LogP contribution in [-0.2, 0) is 15.0 Å². The second kappa shape index (κ2) is 12.0. The molecule has 0 aliphatic rings. The summed E-state index contributed by atoms with van der Waals surface area (Å²) in [5.74, 6) is -0.422. The zero-order valence-electron chi connectivity index (χ0n) is 19.3. The van der Waals surface area contributed by atoms with Crippen LogP contribution in [0.25, 0.3) is 0 Å². The molecule has 0 aliphatic heterocycles. The van der Waals surface area contributed by atoms with E-state index in [9.17, 15) is 14.4 Å². The van der Waals surface area contributed by atoms with Crippen LogP contribution in [0.5, 0.6) is 5.75 Å². The van der Waals surface area contributed by atoms with Crippen LogP contribution in [0.1, 0.15) is 56.5 Å². The maximum absolute atomic E-state index is 12.3. The Kier molecular flexibility index (Phi) is 9.35. The minimum Gasteiger partial charge on any atom is -0.494 e. The Bertz CT molecular complexity index is 983. The Morgan fingerprint density at radius 1 is 0.879 bits per heavy atom. The number of hydrazine groups is 1. The third kappa shape index (κ3) is 8.89. The van der Waals surface area contributed by atoms with Crippen molar-refractivity contribution in [2.45, 2.75) is 46.0 Å². The number of nitrogens with one attached hydrogen (secondary N) is 4. The van der Waals surface area contributed by atoms with Crippen LogP contribution in [0.15, 0.2) is 48.5 Å². The number of amides is 3. The van der Waals surface area contributed by atoms with Gasteiger partial charge in [0.1, 0.15) is 5.75 Å². The van der Waals surface area contributed by atoms with E-state index in [0.29, 0.717) is 23.6 Å². The van der Waals surface area contributed by atoms with Crippen molar-refractivity contribution in [2.24, 2.45) is 0 Å². The lowest BCUT2D eigenvalue weighted by atomic mass is 9.87. The van der Waals surface area contributed by atoms with E-state index in [0.717, 1.165) is 5.56 Å². The van der Waals surface area contributed by atoms with Gasteiger partial charge in [-0.05, 0) is 66.5 Å². The van der Waals surface area contributed by atoms with E-state index in [1.54, 1.807) is 36.4 Å². The van der Waals surface area contributed by atoms with Crippen LogP contribution in [0.4, 0.5) is 5.69 Å². The van der Waals surface area contributed by atoms with Crippen LogP contribution in [-0.4, -0.2) is 29.4 Å². The molecule has 0 bridgehead atoms. The summed E-state index contributed by atoms with van der Waals surface area (Å²) in [5.41, 5.74) is 6.99. The van der Waals surface area contributed by atoms with Gasteiger partial charge in [-0.15, -0.1) is 0 Å². The predicted octanol–water partition coefficient (Wildman–Crippen LogP) is 3.44. The lowest BCUT2D eigenvalue weighted by Gasteiger charge is -2.19. The molecule has 2 aromatic rings. The Morgan fingerprint density at radius 2 is 1.48 bits per heavy atom. The smallest absolute Gasteiger partial charge is 0.257 e. The number of hydrogen-bond donors (Lipinski definition) is 4. The van der Waals surface area contributed by atoms with Crippen molar-refractivity contribution in [3.8, 4) is 5.75 Å². The van der Waals surface area contributed by atoms with Crippen molar-refractivity contribution >= 4 is 40.7 Å². The molecule has 3 amide bonds. The number of thiocarbonyl (C=S) groups is 1. The molecule has 0 atom stereocenters. The van der Waals surface area contributed by atoms with Gasteiger partial charge < -0.3 is 10.1 Å². The first-order valence-corrected chi connectivity index (χ1v) is 11.0. The van der Waals surface area contributed by atoms with Crippen molar-refractivity contribution in [1.82, 2.24) is 16.2 Å². The predicted molar refractivity (Wildman–Crippen MR) is 132 cm³/mol. The third-order valence-electron chi connectivity index (χ3n) is 4.58. The lowest BCUT2D eigenvalue weighted by molar-refractivity contribution is -0.124. The number of ether oxygens (including phenoxy) is 1. The van der Waals surface area contributed by atoms with E-state index in [2.05, 4.69) is 42.3 Å². The number of hydrogen-bond acceptors (Lipinski definition) is 5. The van der Waals surface area contributed by atoms with Crippen molar-refractivity contribution in [3.05, 3.63) is 59.7 Å². The third-order valence-corrected chi connectivity index (χ3v) is 4.79. The molecule has 0 aliphatic carbocycles. The summed E-state index contributed by atoms with van der Waals surface area (Å²) in [7, 11) is 0. The topological polar surface area (TPSA) is 109 Å². The van der Waals surface area contributed by atoms with Gasteiger partial charge in [0.05, 0.1) is 6.61 Å². The van der Waals surface area contributed by atoms with E-state index in [-0.39, 0.29) is 29.3 Å². The highest BCUT2D eigenvalue weighted by Gasteiger charge is 2.15. The van der Waals surface area contributed by atoms with Gasteiger partial charge in [0.2, 0.25) is 11.8 Å². The van der Waals surface area contributed by atoms with Gasteiger partial charge in [0.25, 0.3) is 5.91 Å². The number of carbonyl (C=O) groups excluding carboxylic acids is 3. The zero-order valence-corrected chi connectivity index (χ0v) is 20.1. The first kappa shape index (κ1) is 25.8. The monoisotopic (exact) mass is 470 g/mol. The van der Waals surface area contributed by atoms with Crippen LogP contribution in [0.3, 0.4) is 0 Å². The van der Waals surface area contributed by atoms with Crippen molar-refractivity contribution < 1.29 is 19.1 Å². The van der Waals surface area contributed by atoms with E-state index >= 15 is 0 Å².